The Morgan fingerprint density at radius 3 is 2.77 bits per heavy atom. The molecule has 2 N–H and O–H groups in total. The number of carbonyl (C=O) groups is 2. The molecule has 0 radical (unpaired) electrons. The summed E-state index contributed by atoms with van der Waals surface area (Å²) in [6, 6.07) is 17.3. The summed E-state index contributed by atoms with van der Waals surface area (Å²) in [5.74, 6) is -0.572. The number of carbonyl (C=O) groups excluding carboxylic acids is 2. The molecule has 1 atom stereocenters. The Kier molecular flexibility index (Phi) is 4.70. The summed E-state index contributed by atoms with van der Waals surface area (Å²) in [5.41, 5.74) is 2.67. The van der Waals surface area contributed by atoms with Crippen LogP contribution in [0.1, 0.15) is 38.0 Å². The minimum atomic E-state index is -0.526. The highest BCUT2D eigenvalue weighted by Crippen LogP contribution is 2.40. The largest absolute Gasteiger partial charge is 0.341 e. The predicted octanol–water partition coefficient (Wildman–Crippen LogP) is 5.69. The Balaban J connectivity index is 1.57. The van der Waals surface area contributed by atoms with E-state index in [0.717, 1.165) is 10.1 Å². The summed E-state index contributed by atoms with van der Waals surface area (Å²) in [6.45, 7) is 0. The van der Waals surface area contributed by atoms with Crippen molar-refractivity contribution in [2.45, 2.75) is 6.04 Å². The molecular formula is C22H13Cl2N3O2S. The summed E-state index contributed by atoms with van der Waals surface area (Å²) >= 11 is 13.8. The molecule has 1 aromatic heterocycles. The minimum Gasteiger partial charge on any atom is -0.341 e. The maximum Gasteiger partial charge on any atom is 0.276 e. The second-order valence-corrected chi connectivity index (χ2v) is 8.47. The van der Waals surface area contributed by atoms with Gasteiger partial charge in [-0.1, -0.05) is 47.5 Å². The summed E-state index contributed by atoms with van der Waals surface area (Å²) in [4.78, 5) is 25.6. The smallest absolute Gasteiger partial charge is 0.276 e. The number of amides is 2. The SMILES string of the molecule is O=C1NC(c2cc(Cl)ccc2Cl)c2c(NC(=O)c3nsc4ccccc34)cccc21. The molecule has 30 heavy (non-hydrogen) atoms. The summed E-state index contributed by atoms with van der Waals surface area (Å²) in [7, 11) is 0. The Morgan fingerprint density at radius 2 is 1.90 bits per heavy atom. The topological polar surface area (TPSA) is 71.1 Å². The van der Waals surface area contributed by atoms with Crippen LogP contribution in [0.3, 0.4) is 0 Å². The molecule has 0 aliphatic carbocycles. The van der Waals surface area contributed by atoms with E-state index in [4.69, 9.17) is 23.2 Å². The van der Waals surface area contributed by atoms with Gasteiger partial charge in [0.25, 0.3) is 11.8 Å². The molecule has 2 heterocycles. The third-order valence-electron chi connectivity index (χ3n) is 5.02. The first-order chi connectivity index (χ1) is 14.5. The lowest BCUT2D eigenvalue weighted by Gasteiger charge is -2.18. The van der Waals surface area contributed by atoms with Gasteiger partial charge in [-0.05, 0) is 53.5 Å². The third-order valence-corrected chi connectivity index (χ3v) is 6.43. The molecule has 148 valence electrons. The fourth-order valence-corrected chi connectivity index (χ4v) is 4.85. The maximum atomic E-state index is 13.0. The Bertz CT molecular complexity index is 1340. The van der Waals surface area contributed by atoms with Crippen LogP contribution < -0.4 is 10.6 Å². The highest BCUT2D eigenvalue weighted by Gasteiger charge is 2.34. The monoisotopic (exact) mass is 453 g/mol. The molecule has 0 fully saturated rings. The molecule has 0 saturated carbocycles. The lowest BCUT2D eigenvalue weighted by atomic mass is 9.96. The van der Waals surface area contributed by atoms with Gasteiger partial charge in [-0.3, -0.25) is 9.59 Å². The van der Waals surface area contributed by atoms with Gasteiger partial charge in [-0.15, -0.1) is 0 Å². The van der Waals surface area contributed by atoms with Gasteiger partial charge < -0.3 is 10.6 Å². The number of halogens is 2. The van der Waals surface area contributed by atoms with E-state index in [2.05, 4.69) is 15.0 Å². The van der Waals surface area contributed by atoms with E-state index in [1.807, 2.05) is 24.3 Å². The fourth-order valence-electron chi connectivity index (χ4n) is 3.66. The first kappa shape index (κ1) is 19.1. The normalized spacial score (nSPS) is 15.1. The van der Waals surface area contributed by atoms with Crippen LogP contribution in [0, 0.1) is 0 Å². The van der Waals surface area contributed by atoms with Crippen LogP contribution in [0.4, 0.5) is 5.69 Å². The van der Waals surface area contributed by atoms with Crippen LogP contribution >= 0.6 is 34.7 Å². The van der Waals surface area contributed by atoms with E-state index in [-0.39, 0.29) is 11.8 Å². The summed E-state index contributed by atoms with van der Waals surface area (Å²) in [5, 5.41) is 7.63. The van der Waals surface area contributed by atoms with Crippen molar-refractivity contribution in [2.24, 2.45) is 0 Å². The molecule has 8 heteroatoms. The second kappa shape index (κ2) is 7.40. The Morgan fingerprint density at radius 1 is 1.07 bits per heavy atom. The van der Waals surface area contributed by atoms with E-state index in [9.17, 15) is 9.59 Å². The number of hydrogen-bond donors (Lipinski definition) is 2. The van der Waals surface area contributed by atoms with Gasteiger partial charge in [0.05, 0.1) is 10.7 Å². The molecule has 2 amide bonds. The average Bonchev–Trinajstić information content (AvgIpc) is 3.32. The molecule has 5 nitrogen and oxygen atoms in total. The van der Waals surface area contributed by atoms with Gasteiger partial charge in [0.15, 0.2) is 0 Å². The zero-order valence-corrected chi connectivity index (χ0v) is 17.6. The van der Waals surface area contributed by atoms with Crippen molar-refractivity contribution in [1.82, 2.24) is 9.69 Å². The van der Waals surface area contributed by atoms with Crippen molar-refractivity contribution in [2.75, 3.05) is 5.32 Å². The molecule has 0 saturated heterocycles. The van der Waals surface area contributed by atoms with E-state index >= 15 is 0 Å². The maximum absolute atomic E-state index is 13.0. The number of benzene rings is 3. The predicted molar refractivity (Wildman–Crippen MR) is 120 cm³/mol. The van der Waals surface area contributed by atoms with Crippen molar-refractivity contribution in [3.8, 4) is 0 Å². The fraction of sp³-hybridized carbons (Fsp3) is 0.0455. The van der Waals surface area contributed by atoms with Crippen LogP contribution in [-0.4, -0.2) is 16.2 Å². The van der Waals surface area contributed by atoms with Crippen molar-refractivity contribution in [1.29, 1.82) is 0 Å². The van der Waals surface area contributed by atoms with Gasteiger partial charge >= 0.3 is 0 Å². The first-order valence-electron chi connectivity index (χ1n) is 9.07. The Hall–Kier alpha value is -2.93. The van der Waals surface area contributed by atoms with Gasteiger partial charge in [0, 0.05) is 32.2 Å². The zero-order valence-electron chi connectivity index (χ0n) is 15.3. The second-order valence-electron chi connectivity index (χ2n) is 6.82. The molecule has 1 unspecified atom stereocenters. The number of anilines is 1. The number of aromatic nitrogens is 1. The van der Waals surface area contributed by atoms with Crippen LogP contribution in [0.5, 0.6) is 0 Å². The quantitative estimate of drug-likeness (QED) is 0.418. The van der Waals surface area contributed by atoms with Gasteiger partial charge in [0.1, 0.15) is 5.69 Å². The lowest BCUT2D eigenvalue weighted by molar-refractivity contribution is 0.0959. The molecule has 1 aliphatic rings. The lowest BCUT2D eigenvalue weighted by Crippen LogP contribution is -2.21. The molecule has 5 rings (SSSR count). The highest BCUT2D eigenvalue weighted by atomic mass is 35.5. The van der Waals surface area contributed by atoms with Crippen LogP contribution in [0.2, 0.25) is 10.0 Å². The van der Waals surface area contributed by atoms with Crippen molar-refractivity contribution >= 4 is 62.3 Å². The van der Waals surface area contributed by atoms with Gasteiger partial charge in [-0.25, -0.2) is 0 Å². The Labute approximate surface area is 185 Å². The summed E-state index contributed by atoms with van der Waals surface area (Å²) in [6.07, 6.45) is 0. The molecule has 3 aromatic carbocycles. The number of nitrogens with one attached hydrogen (secondary N) is 2. The number of nitrogens with zero attached hydrogens (tertiary/aromatic N) is 1. The minimum absolute atomic E-state index is 0.235. The van der Waals surface area contributed by atoms with Gasteiger partial charge in [0.2, 0.25) is 0 Å². The van der Waals surface area contributed by atoms with Crippen LogP contribution in [0.15, 0.2) is 60.7 Å². The molecule has 1 aliphatic heterocycles. The third kappa shape index (κ3) is 3.13. The number of rotatable bonds is 3. The number of hydrogen-bond acceptors (Lipinski definition) is 4. The molecule has 0 bridgehead atoms. The zero-order chi connectivity index (χ0) is 20.8. The van der Waals surface area contributed by atoms with E-state index in [0.29, 0.717) is 38.1 Å². The standard InChI is InChI=1S/C22H13Cl2N3O2S/c23-11-8-9-15(24)14(10-11)19-18-13(21(28)26-19)5-3-6-16(18)25-22(29)20-12-4-1-2-7-17(12)30-27-20/h1-10,19H,(H,25,29)(H,26,28). The summed E-state index contributed by atoms with van der Waals surface area (Å²) < 4.78 is 5.24. The van der Waals surface area contributed by atoms with Crippen molar-refractivity contribution in [3.63, 3.8) is 0 Å². The first-order valence-corrected chi connectivity index (χ1v) is 10.6. The average molecular weight is 454 g/mol. The van der Waals surface area contributed by atoms with Crippen LogP contribution in [-0.2, 0) is 0 Å². The van der Waals surface area contributed by atoms with Crippen molar-refractivity contribution < 1.29 is 9.59 Å². The van der Waals surface area contributed by atoms with Gasteiger partial charge in [-0.2, -0.15) is 4.37 Å². The van der Waals surface area contributed by atoms with E-state index in [1.165, 1.54) is 11.5 Å². The molecule has 0 spiro atoms. The highest BCUT2D eigenvalue weighted by molar-refractivity contribution is 7.13. The van der Waals surface area contributed by atoms with Crippen LogP contribution in [0.25, 0.3) is 10.1 Å². The van der Waals surface area contributed by atoms with Crippen molar-refractivity contribution in [3.05, 3.63) is 93.1 Å². The van der Waals surface area contributed by atoms with E-state index in [1.54, 1.807) is 36.4 Å². The van der Waals surface area contributed by atoms with E-state index < -0.39 is 6.04 Å². The molecule has 4 aromatic rings. The molecular weight excluding hydrogens is 441 g/mol. The number of fused-ring (bicyclic) bond motifs is 2.